The van der Waals surface area contributed by atoms with Crippen molar-refractivity contribution >= 4 is 17.7 Å². The molecule has 0 unspecified atom stereocenters. The van der Waals surface area contributed by atoms with E-state index in [2.05, 4.69) is 10.1 Å². The van der Waals surface area contributed by atoms with Gasteiger partial charge in [0.15, 0.2) is 5.16 Å². The van der Waals surface area contributed by atoms with Gasteiger partial charge in [-0.2, -0.15) is 5.10 Å². The summed E-state index contributed by atoms with van der Waals surface area (Å²) in [6.45, 7) is 0. The summed E-state index contributed by atoms with van der Waals surface area (Å²) < 4.78 is 1.54. The van der Waals surface area contributed by atoms with Crippen LogP contribution in [0.1, 0.15) is 0 Å². The van der Waals surface area contributed by atoms with Crippen LogP contribution < -0.4 is 0 Å². The fourth-order valence-electron chi connectivity index (χ4n) is 0.543. The molecule has 11 heavy (non-hydrogen) atoms. The molecule has 0 amide bonds. The van der Waals surface area contributed by atoms with Crippen molar-refractivity contribution in [3.8, 4) is 0 Å². The van der Waals surface area contributed by atoms with Crippen molar-refractivity contribution in [2.75, 3.05) is 5.75 Å². The van der Waals surface area contributed by atoms with Crippen molar-refractivity contribution in [3.05, 3.63) is 6.33 Å². The molecule has 0 spiro atoms. The third-order valence-corrected chi connectivity index (χ3v) is 2.01. The number of thioether (sulfide) groups is 1. The Hall–Kier alpha value is -1.04. The minimum atomic E-state index is -0.849. The smallest absolute Gasteiger partial charge is 0.313 e. The summed E-state index contributed by atoms with van der Waals surface area (Å²) in [5, 5.41) is 12.7. The average molecular weight is 173 g/mol. The van der Waals surface area contributed by atoms with Crippen LogP contribution in [0.5, 0.6) is 0 Å². The van der Waals surface area contributed by atoms with Gasteiger partial charge in [-0.1, -0.05) is 11.8 Å². The van der Waals surface area contributed by atoms with Gasteiger partial charge in [0.25, 0.3) is 0 Å². The largest absolute Gasteiger partial charge is 0.481 e. The van der Waals surface area contributed by atoms with Gasteiger partial charge in [0.1, 0.15) is 6.33 Å². The highest BCUT2D eigenvalue weighted by molar-refractivity contribution is 7.99. The van der Waals surface area contributed by atoms with E-state index in [9.17, 15) is 4.79 Å². The van der Waals surface area contributed by atoms with E-state index >= 15 is 0 Å². The summed E-state index contributed by atoms with van der Waals surface area (Å²) in [4.78, 5) is 14.0. The van der Waals surface area contributed by atoms with Crippen LogP contribution in [0, 0.1) is 0 Å². The van der Waals surface area contributed by atoms with Crippen molar-refractivity contribution in [2.45, 2.75) is 5.16 Å². The first-order valence-electron chi connectivity index (χ1n) is 2.88. The lowest BCUT2D eigenvalue weighted by atomic mass is 10.8. The second-order valence-electron chi connectivity index (χ2n) is 1.85. The van der Waals surface area contributed by atoms with Crippen LogP contribution in [0.15, 0.2) is 11.5 Å². The summed E-state index contributed by atoms with van der Waals surface area (Å²) in [7, 11) is 1.72. The maximum atomic E-state index is 10.1. The number of aryl methyl sites for hydroxylation is 1. The molecular weight excluding hydrogens is 166 g/mol. The highest BCUT2D eigenvalue weighted by atomic mass is 32.2. The lowest BCUT2D eigenvalue weighted by Gasteiger charge is -1.94. The van der Waals surface area contributed by atoms with Gasteiger partial charge in [0, 0.05) is 7.05 Å². The van der Waals surface area contributed by atoms with E-state index in [1.807, 2.05) is 0 Å². The molecule has 1 aromatic heterocycles. The molecule has 6 heteroatoms. The van der Waals surface area contributed by atoms with Gasteiger partial charge in [0.05, 0.1) is 5.75 Å². The number of aromatic nitrogens is 3. The number of rotatable bonds is 3. The number of carboxylic acids is 1. The highest BCUT2D eigenvalue weighted by Crippen LogP contribution is 2.11. The monoisotopic (exact) mass is 173 g/mol. The minimum Gasteiger partial charge on any atom is -0.481 e. The molecule has 1 aromatic rings. The van der Waals surface area contributed by atoms with E-state index in [4.69, 9.17) is 5.11 Å². The first kappa shape index (κ1) is 8.06. The van der Waals surface area contributed by atoms with Gasteiger partial charge in [-0.15, -0.1) is 0 Å². The van der Waals surface area contributed by atoms with E-state index in [-0.39, 0.29) is 5.75 Å². The number of carboxylic acid groups (broad SMARTS) is 1. The lowest BCUT2D eigenvalue weighted by Crippen LogP contribution is -2.00. The zero-order valence-corrected chi connectivity index (χ0v) is 6.71. The number of hydrogen-bond acceptors (Lipinski definition) is 4. The van der Waals surface area contributed by atoms with Crippen LogP contribution in [-0.4, -0.2) is 31.6 Å². The number of carbonyl (C=O) groups is 1. The Morgan fingerprint density at radius 3 is 3.09 bits per heavy atom. The molecule has 0 aliphatic heterocycles. The van der Waals surface area contributed by atoms with Crippen LogP contribution in [0.3, 0.4) is 0 Å². The van der Waals surface area contributed by atoms with E-state index in [0.717, 1.165) is 11.8 Å². The Labute approximate surface area is 67.4 Å². The quantitative estimate of drug-likeness (QED) is 0.651. The molecule has 60 valence electrons. The molecular formula is C5H7N3O2S. The molecule has 5 nitrogen and oxygen atoms in total. The molecule has 0 saturated carbocycles. The van der Waals surface area contributed by atoms with Gasteiger partial charge in [-0.3, -0.25) is 4.79 Å². The van der Waals surface area contributed by atoms with Crippen molar-refractivity contribution in [1.82, 2.24) is 14.8 Å². The lowest BCUT2D eigenvalue weighted by molar-refractivity contribution is -0.133. The molecule has 0 radical (unpaired) electrons. The van der Waals surface area contributed by atoms with Crippen molar-refractivity contribution in [2.24, 2.45) is 7.05 Å². The zero-order valence-electron chi connectivity index (χ0n) is 5.89. The Bertz CT molecular complexity index is 260. The second-order valence-corrected chi connectivity index (χ2v) is 2.79. The molecule has 0 bridgehead atoms. The molecule has 0 aromatic carbocycles. The number of aliphatic carboxylic acids is 1. The SMILES string of the molecule is Cn1ncnc1SCC(=O)O. The van der Waals surface area contributed by atoms with E-state index in [1.165, 1.54) is 11.0 Å². The van der Waals surface area contributed by atoms with Crippen molar-refractivity contribution in [1.29, 1.82) is 0 Å². The fraction of sp³-hybridized carbons (Fsp3) is 0.400. The topological polar surface area (TPSA) is 68.0 Å². The Kier molecular flexibility index (Phi) is 2.48. The normalized spacial score (nSPS) is 9.91. The zero-order chi connectivity index (χ0) is 8.27. The molecule has 0 saturated heterocycles. The van der Waals surface area contributed by atoms with Crippen LogP contribution in [0.4, 0.5) is 0 Å². The van der Waals surface area contributed by atoms with E-state index < -0.39 is 5.97 Å². The molecule has 1 rings (SSSR count). The summed E-state index contributed by atoms with van der Waals surface area (Å²) in [6, 6.07) is 0. The van der Waals surface area contributed by atoms with Crippen LogP contribution >= 0.6 is 11.8 Å². The van der Waals surface area contributed by atoms with E-state index in [1.54, 1.807) is 7.05 Å². The second kappa shape index (κ2) is 3.38. The molecule has 1 heterocycles. The molecule has 1 N–H and O–H groups in total. The molecule has 0 aliphatic carbocycles. The predicted molar refractivity (Wildman–Crippen MR) is 39.4 cm³/mol. The Morgan fingerprint density at radius 1 is 1.91 bits per heavy atom. The first-order chi connectivity index (χ1) is 5.20. The highest BCUT2D eigenvalue weighted by Gasteiger charge is 2.03. The number of hydrogen-bond donors (Lipinski definition) is 1. The van der Waals surface area contributed by atoms with Crippen molar-refractivity contribution < 1.29 is 9.90 Å². The van der Waals surface area contributed by atoms with Gasteiger partial charge in [-0.05, 0) is 0 Å². The predicted octanol–water partition coefficient (Wildman–Crippen LogP) is -0.00820. The summed E-state index contributed by atoms with van der Waals surface area (Å²) in [5.41, 5.74) is 0. The van der Waals surface area contributed by atoms with Gasteiger partial charge in [-0.25, -0.2) is 9.67 Å². The maximum Gasteiger partial charge on any atom is 0.313 e. The number of nitrogens with zero attached hydrogens (tertiary/aromatic N) is 3. The average Bonchev–Trinajstić information content (AvgIpc) is 2.31. The molecule has 0 fully saturated rings. The third-order valence-electron chi connectivity index (χ3n) is 0.995. The van der Waals surface area contributed by atoms with Gasteiger partial charge >= 0.3 is 5.97 Å². The summed E-state index contributed by atoms with van der Waals surface area (Å²) in [6.07, 6.45) is 1.39. The van der Waals surface area contributed by atoms with Crippen molar-refractivity contribution in [3.63, 3.8) is 0 Å². The molecule has 0 aliphatic rings. The van der Waals surface area contributed by atoms with E-state index in [0.29, 0.717) is 5.16 Å². The van der Waals surface area contributed by atoms with Gasteiger partial charge < -0.3 is 5.11 Å². The Balaban J connectivity index is 2.51. The summed E-state index contributed by atoms with van der Waals surface area (Å²) >= 11 is 1.15. The fourth-order valence-corrected chi connectivity index (χ4v) is 1.15. The first-order valence-corrected chi connectivity index (χ1v) is 3.87. The third kappa shape index (κ3) is 2.23. The van der Waals surface area contributed by atoms with Crippen LogP contribution in [0.2, 0.25) is 0 Å². The Morgan fingerprint density at radius 2 is 2.64 bits per heavy atom. The summed E-state index contributed by atoms with van der Waals surface area (Å²) in [5.74, 6) is -0.829. The maximum absolute atomic E-state index is 10.1. The minimum absolute atomic E-state index is 0.0204. The van der Waals surface area contributed by atoms with Gasteiger partial charge in [0.2, 0.25) is 0 Å². The standard InChI is InChI=1S/C5H7N3O2S/c1-8-5(6-3-7-8)11-2-4(9)10/h3H,2H2,1H3,(H,9,10). The molecule has 0 atom stereocenters. The van der Waals surface area contributed by atoms with Crippen LogP contribution in [0.25, 0.3) is 0 Å². The van der Waals surface area contributed by atoms with Crippen LogP contribution in [-0.2, 0) is 11.8 Å².